The number of amides is 2. The number of carbonyl (C=O) groups excluding carboxylic acids is 2. The van der Waals surface area contributed by atoms with Crippen LogP contribution in [-0.2, 0) is 9.59 Å². The number of halogens is 1. The Balaban J connectivity index is 1.91. The largest absolute Gasteiger partial charge is 0.342 e. The van der Waals surface area contributed by atoms with Gasteiger partial charge in [-0.05, 0) is 30.7 Å². The van der Waals surface area contributed by atoms with Crippen LogP contribution in [0.5, 0.6) is 0 Å². The molecule has 3 rings (SSSR count). The van der Waals surface area contributed by atoms with Crippen LogP contribution in [-0.4, -0.2) is 41.8 Å². The summed E-state index contributed by atoms with van der Waals surface area (Å²) in [4.78, 5) is 29.0. The molecule has 0 radical (unpaired) electrons. The van der Waals surface area contributed by atoms with Crippen molar-refractivity contribution < 1.29 is 14.0 Å². The molecular formula is C20H27FN2O2. The fraction of sp³-hybridized carbons (Fsp3) is 0.600. The van der Waals surface area contributed by atoms with Crippen LogP contribution in [0.15, 0.2) is 24.3 Å². The van der Waals surface area contributed by atoms with Crippen LogP contribution in [0.3, 0.4) is 0 Å². The molecule has 2 fully saturated rings. The van der Waals surface area contributed by atoms with E-state index in [9.17, 15) is 14.0 Å². The van der Waals surface area contributed by atoms with Gasteiger partial charge in [-0.15, -0.1) is 0 Å². The molecule has 0 N–H and O–H groups in total. The smallest absolute Gasteiger partial charge is 0.228 e. The Labute approximate surface area is 149 Å². The Hall–Kier alpha value is -1.91. The molecule has 0 saturated carbocycles. The molecule has 25 heavy (non-hydrogen) atoms. The molecule has 2 saturated heterocycles. The molecule has 0 aromatic heterocycles. The molecule has 4 nitrogen and oxygen atoms in total. The van der Waals surface area contributed by atoms with Crippen molar-refractivity contribution in [1.29, 1.82) is 0 Å². The van der Waals surface area contributed by atoms with Crippen molar-refractivity contribution in [2.75, 3.05) is 20.1 Å². The third kappa shape index (κ3) is 3.55. The van der Waals surface area contributed by atoms with Gasteiger partial charge in [-0.2, -0.15) is 0 Å². The first kappa shape index (κ1) is 17.9. The zero-order valence-corrected chi connectivity index (χ0v) is 15.2. The van der Waals surface area contributed by atoms with Crippen molar-refractivity contribution >= 4 is 11.8 Å². The summed E-state index contributed by atoms with van der Waals surface area (Å²) in [6, 6.07) is 5.96. The lowest BCUT2D eigenvalue weighted by Crippen LogP contribution is -2.51. The molecule has 2 aliphatic heterocycles. The second kappa shape index (κ2) is 7.14. The molecule has 0 unspecified atom stereocenters. The van der Waals surface area contributed by atoms with Gasteiger partial charge < -0.3 is 9.80 Å². The summed E-state index contributed by atoms with van der Waals surface area (Å²) in [5, 5.41) is 0. The highest BCUT2D eigenvalue weighted by molar-refractivity contribution is 5.85. The first-order chi connectivity index (χ1) is 11.9. The second-order valence-corrected chi connectivity index (χ2v) is 7.81. The van der Waals surface area contributed by atoms with Gasteiger partial charge in [0.1, 0.15) is 5.82 Å². The fourth-order valence-electron chi connectivity index (χ4n) is 4.51. The van der Waals surface area contributed by atoms with Gasteiger partial charge in [-0.3, -0.25) is 9.59 Å². The Morgan fingerprint density at radius 1 is 1.16 bits per heavy atom. The van der Waals surface area contributed by atoms with E-state index in [0.29, 0.717) is 30.2 Å². The predicted octanol–water partition coefficient (Wildman–Crippen LogP) is 3.24. The minimum absolute atomic E-state index is 0.0299. The summed E-state index contributed by atoms with van der Waals surface area (Å²) in [6.07, 6.45) is 1.96. The average molecular weight is 346 g/mol. The lowest BCUT2D eigenvalue weighted by Gasteiger charge is -2.43. The summed E-state index contributed by atoms with van der Waals surface area (Å²) < 4.78 is 14.4. The molecule has 136 valence electrons. The Bertz CT molecular complexity index is 653. The van der Waals surface area contributed by atoms with E-state index < -0.39 is 6.04 Å². The summed E-state index contributed by atoms with van der Waals surface area (Å²) >= 11 is 0. The second-order valence-electron chi connectivity index (χ2n) is 7.81. The zero-order valence-electron chi connectivity index (χ0n) is 15.2. The monoisotopic (exact) mass is 346 g/mol. The average Bonchev–Trinajstić information content (AvgIpc) is 2.56. The molecular weight excluding hydrogens is 319 g/mol. The fourth-order valence-corrected chi connectivity index (χ4v) is 4.51. The Kier molecular flexibility index (Phi) is 5.11. The topological polar surface area (TPSA) is 40.6 Å². The van der Waals surface area contributed by atoms with Crippen LogP contribution in [0.1, 0.15) is 44.7 Å². The van der Waals surface area contributed by atoms with Crippen LogP contribution >= 0.6 is 0 Å². The number of nitrogens with zero attached hydrogens (tertiary/aromatic N) is 2. The maximum absolute atomic E-state index is 14.4. The lowest BCUT2D eigenvalue weighted by atomic mass is 9.82. The summed E-state index contributed by atoms with van der Waals surface area (Å²) in [5.74, 6) is 0.248. The molecule has 0 bridgehead atoms. The Morgan fingerprint density at radius 2 is 1.80 bits per heavy atom. The standard InChI is InChI=1S/C20H27FN2O2/c1-13-10-14(2)12-23(11-13)20(25)16-8-9-18(24)22(3)19(16)15-6-4-5-7-17(15)21/h4-7,13-14,16,19H,8-12H2,1-3H3/t13-,14+,16-,19+/m1/s1. The molecule has 0 spiro atoms. The quantitative estimate of drug-likeness (QED) is 0.825. The molecule has 1 aromatic rings. The molecule has 0 aliphatic carbocycles. The first-order valence-electron chi connectivity index (χ1n) is 9.17. The van der Waals surface area contributed by atoms with Gasteiger partial charge >= 0.3 is 0 Å². The molecule has 4 atom stereocenters. The molecule has 1 aromatic carbocycles. The zero-order chi connectivity index (χ0) is 18.1. The molecule has 2 amide bonds. The van der Waals surface area contributed by atoms with Gasteiger partial charge in [0, 0.05) is 32.1 Å². The summed E-state index contributed by atoms with van der Waals surface area (Å²) in [7, 11) is 1.68. The van der Waals surface area contributed by atoms with Crippen LogP contribution in [0.4, 0.5) is 4.39 Å². The maximum Gasteiger partial charge on any atom is 0.228 e. The van der Waals surface area contributed by atoms with E-state index in [-0.39, 0.29) is 23.5 Å². The van der Waals surface area contributed by atoms with Crippen LogP contribution in [0.25, 0.3) is 0 Å². The van der Waals surface area contributed by atoms with Gasteiger partial charge in [0.2, 0.25) is 11.8 Å². The summed E-state index contributed by atoms with van der Waals surface area (Å²) in [6.45, 7) is 5.84. The highest BCUT2D eigenvalue weighted by atomic mass is 19.1. The molecule has 5 heteroatoms. The van der Waals surface area contributed by atoms with Crippen molar-refractivity contribution in [2.24, 2.45) is 17.8 Å². The van der Waals surface area contributed by atoms with Crippen molar-refractivity contribution in [1.82, 2.24) is 9.80 Å². The molecule has 2 heterocycles. The number of hydrogen-bond acceptors (Lipinski definition) is 2. The maximum atomic E-state index is 14.4. The highest BCUT2D eigenvalue weighted by Crippen LogP contribution is 2.38. The number of rotatable bonds is 2. The predicted molar refractivity (Wildman–Crippen MR) is 94.2 cm³/mol. The van der Waals surface area contributed by atoms with Crippen LogP contribution in [0.2, 0.25) is 0 Å². The minimum atomic E-state index is -0.525. The van der Waals surface area contributed by atoms with E-state index >= 15 is 0 Å². The molecule has 2 aliphatic rings. The lowest BCUT2D eigenvalue weighted by molar-refractivity contribution is -0.148. The van der Waals surface area contributed by atoms with E-state index in [2.05, 4.69) is 13.8 Å². The normalized spacial score (nSPS) is 30.5. The number of carbonyl (C=O) groups is 2. The Morgan fingerprint density at radius 3 is 2.44 bits per heavy atom. The SMILES string of the molecule is C[C@@H]1C[C@H](C)CN(C(=O)[C@@H]2CCC(=O)N(C)[C@H]2c2ccccc2F)C1. The van der Waals surface area contributed by atoms with Gasteiger partial charge in [0.25, 0.3) is 0 Å². The first-order valence-corrected chi connectivity index (χ1v) is 9.17. The van der Waals surface area contributed by atoms with Crippen LogP contribution in [0, 0.1) is 23.6 Å². The van der Waals surface area contributed by atoms with Crippen LogP contribution < -0.4 is 0 Å². The van der Waals surface area contributed by atoms with E-state index in [1.54, 1.807) is 30.1 Å². The van der Waals surface area contributed by atoms with Gasteiger partial charge in [0.15, 0.2) is 0 Å². The van der Waals surface area contributed by atoms with Crippen molar-refractivity contribution in [3.63, 3.8) is 0 Å². The van der Waals surface area contributed by atoms with Crippen molar-refractivity contribution in [3.05, 3.63) is 35.6 Å². The van der Waals surface area contributed by atoms with E-state index in [0.717, 1.165) is 19.5 Å². The minimum Gasteiger partial charge on any atom is -0.342 e. The number of likely N-dealkylation sites (tertiary alicyclic amines) is 2. The van der Waals surface area contributed by atoms with Gasteiger partial charge in [-0.1, -0.05) is 32.0 Å². The van der Waals surface area contributed by atoms with Gasteiger partial charge in [-0.25, -0.2) is 4.39 Å². The number of piperidine rings is 2. The number of hydrogen-bond donors (Lipinski definition) is 0. The highest BCUT2D eigenvalue weighted by Gasteiger charge is 2.42. The van der Waals surface area contributed by atoms with Crippen molar-refractivity contribution in [3.8, 4) is 0 Å². The van der Waals surface area contributed by atoms with E-state index in [1.165, 1.54) is 6.07 Å². The third-order valence-electron chi connectivity index (χ3n) is 5.58. The van der Waals surface area contributed by atoms with E-state index in [1.807, 2.05) is 4.90 Å². The summed E-state index contributed by atoms with van der Waals surface area (Å²) in [5.41, 5.74) is 0.439. The van der Waals surface area contributed by atoms with E-state index in [4.69, 9.17) is 0 Å². The van der Waals surface area contributed by atoms with Gasteiger partial charge in [0.05, 0.1) is 12.0 Å². The van der Waals surface area contributed by atoms with Crippen molar-refractivity contribution in [2.45, 2.75) is 39.2 Å². The third-order valence-corrected chi connectivity index (χ3v) is 5.58. The number of benzene rings is 1.